The minimum atomic E-state index is -2.97. The minimum Gasteiger partial charge on any atom is -0.339 e. The van der Waals surface area contributed by atoms with E-state index in [1.54, 1.807) is 0 Å². The summed E-state index contributed by atoms with van der Waals surface area (Å²) in [5.41, 5.74) is 0. The van der Waals surface area contributed by atoms with Crippen molar-refractivity contribution in [2.45, 2.75) is 38.1 Å². The van der Waals surface area contributed by atoms with Crippen molar-refractivity contribution in [3.63, 3.8) is 0 Å². The van der Waals surface area contributed by atoms with Crippen LogP contribution in [0.2, 0.25) is 0 Å². The Morgan fingerprint density at radius 3 is 2.55 bits per heavy atom. The van der Waals surface area contributed by atoms with Crippen LogP contribution in [0.4, 0.5) is 0 Å². The molecular formula is C14H24N2O3S. The van der Waals surface area contributed by atoms with Crippen LogP contribution in [0, 0.1) is 11.8 Å². The van der Waals surface area contributed by atoms with Crippen LogP contribution >= 0.6 is 0 Å². The highest BCUT2D eigenvalue weighted by Crippen LogP contribution is 2.32. The zero-order valence-electron chi connectivity index (χ0n) is 11.9. The van der Waals surface area contributed by atoms with Gasteiger partial charge in [-0.25, -0.2) is 8.42 Å². The van der Waals surface area contributed by atoms with Gasteiger partial charge >= 0.3 is 0 Å². The molecule has 1 saturated carbocycles. The number of hydrogen-bond donors (Lipinski definition) is 1. The number of amides is 1. The molecule has 0 radical (unpaired) electrons. The Bertz CT molecular complexity index is 467. The Morgan fingerprint density at radius 1 is 1.20 bits per heavy atom. The molecule has 1 amide bonds. The lowest BCUT2D eigenvalue weighted by atomic mass is 9.98. The van der Waals surface area contributed by atoms with Crippen molar-refractivity contribution in [1.82, 2.24) is 10.2 Å². The number of sulfone groups is 1. The fraction of sp³-hybridized carbons (Fsp3) is 0.929. The van der Waals surface area contributed by atoms with Crippen LogP contribution in [0.1, 0.15) is 32.1 Å². The van der Waals surface area contributed by atoms with E-state index in [1.807, 2.05) is 4.90 Å². The van der Waals surface area contributed by atoms with Crippen molar-refractivity contribution in [3.05, 3.63) is 0 Å². The minimum absolute atomic E-state index is 0.0674. The largest absolute Gasteiger partial charge is 0.339 e. The second-order valence-corrected chi connectivity index (χ2v) is 8.76. The van der Waals surface area contributed by atoms with Crippen LogP contribution in [0.15, 0.2) is 0 Å². The molecule has 5 nitrogen and oxygen atoms in total. The van der Waals surface area contributed by atoms with Crippen LogP contribution < -0.4 is 5.32 Å². The van der Waals surface area contributed by atoms with Gasteiger partial charge in [0, 0.05) is 12.6 Å². The summed E-state index contributed by atoms with van der Waals surface area (Å²) < 4.78 is 23.1. The lowest BCUT2D eigenvalue weighted by molar-refractivity contribution is -0.136. The molecule has 0 aromatic rings. The predicted molar refractivity (Wildman–Crippen MR) is 77.1 cm³/mol. The van der Waals surface area contributed by atoms with E-state index in [1.165, 1.54) is 12.8 Å². The Labute approximate surface area is 121 Å². The van der Waals surface area contributed by atoms with E-state index in [0.717, 1.165) is 32.5 Å². The molecule has 2 unspecified atom stereocenters. The number of nitrogens with zero attached hydrogens (tertiary/aromatic N) is 1. The molecule has 2 atom stereocenters. The first-order valence-corrected chi connectivity index (χ1v) is 9.59. The summed E-state index contributed by atoms with van der Waals surface area (Å²) >= 11 is 0. The number of nitrogens with one attached hydrogen (secondary N) is 1. The molecule has 3 aliphatic rings. The average molecular weight is 300 g/mol. The molecule has 2 aliphatic heterocycles. The summed E-state index contributed by atoms with van der Waals surface area (Å²) in [5, 5.41) is 3.39. The maximum Gasteiger partial charge on any atom is 0.226 e. The van der Waals surface area contributed by atoms with Crippen molar-refractivity contribution >= 4 is 15.7 Å². The Hall–Kier alpha value is -0.620. The summed E-state index contributed by atoms with van der Waals surface area (Å²) in [6.07, 6.45) is 5.05. The molecule has 2 heterocycles. The Kier molecular flexibility index (Phi) is 4.04. The first-order chi connectivity index (χ1) is 9.55. The molecule has 20 heavy (non-hydrogen) atoms. The normalized spacial score (nSPS) is 33.0. The third kappa shape index (κ3) is 3.34. The second kappa shape index (κ2) is 5.64. The number of carbonyl (C=O) groups is 1. The van der Waals surface area contributed by atoms with Crippen LogP contribution in [-0.4, -0.2) is 56.4 Å². The lowest BCUT2D eigenvalue weighted by Crippen LogP contribution is -2.44. The number of rotatable bonds is 4. The van der Waals surface area contributed by atoms with E-state index in [2.05, 4.69) is 5.32 Å². The molecule has 3 fully saturated rings. The van der Waals surface area contributed by atoms with Crippen LogP contribution in [0.25, 0.3) is 0 Å². The lowest BCUT2D eigenvalue weighted by Gasteiger charge is -2.31. The first-order valence-electron chi connectivity index (χ1n) is 7.77. The first kappa shape index (κ1) is 14.3. The smallest absolute Gasteiger partial charge is 0.226 e. The van der Waals surface area contributed by atoms with Gasteiger partial charge in [-0.05, 0) is 51.1 Å². The monoisotopic (exact) mass is 300 g/mol. The molecule has 2 saturated heterocycles. The summed E-state index contributed by atoms with van der Waals surface area (Å²) in [6.45, 7) is 2.88. The number of piperidine rings is 1. The Balaban J connectivity index is 1.62. The zero-order chi connectivity index (χ0) is 14.2. The van der Waals surface area contributed by atoms with Gasteiger partial charge in [-0.2, -0.15) is 0 Å². The molecule has 6 heteroatoms. The maximum absolute atomic E-state index is 12.6. The summed E-state index contributed by atoms with van der Waals surface area (Å²) in [6, 6.07) is 0.382. The van der Waals surface area contributed by atoms with E-state index >= 15 is 0 Å². The van der Waals surface area contributed by atoms with Gasteiger partial charge in [-0.3, -0.25) is 4.79 Å². The molecule has 1 N–H and O–H groups in total. The molecule has 3 rings (SSSR count). The third-order valence-electron chi connectivity index (χ3n) is 4.71. The van der Waals surface area contributed by atoms with Crippen molar-refractivity contribution in [2.75, 3.05) is 31.1 Å². The van der Waals surface area contributed by atoms with Gasteiger partial charge in [-0.15, -0.1) is 0 Å². The van der Waals surface area contributed by atoms with Gasteiger partial charge in [0.25, 0.3) is 0 Å². The number of hydrogen-bond acceptors (Lipinski definition) is 4. The molecule has 1 aliphatic carbocycles. The van der Waals surface area contributed by atoms with Crippen molar-refractivity contribution < 1.29 is 13.2 Å². The van der Waals surface area contributed by atoms with Gasteiger partial charge in [0.2, 0.25) is 5.91 Å². The van der Waals surface area contributed by atoms with Crippen molar-refractivity contribution in [1.29, 1.82) is 0 Å². The highest BCUT2D eigenvalue weighted by atomic mass is 32.2. The maximum atomic E-state index is 12.6. The summed E-state index contributed by atoms with van der Waals surface area (Å²) in [5.74, 6) is 0.604. The zero-order valence-corrected chi connectivity index (χ0v) is 12.7. The van der Waals surface area contributed by atoms with Gasteiger partial charge in [0.05, 0.1) is 17.4 Å². The van der Waals surface area contributed by atoms with E-state index in [4.69, 9.17) is 0 Å². The van der Waals surface area contributed by atoms with E-state index in [0.29, 0.717) is 18.4 Å². The molecule has 114 valence electrons. The molecular weight excluding hydrogens is 276 g/mol. The van der Waals surface area contributed by atoms with Gasteiger partial charge < -0.3 is 10.2 Å². The number of carbonyl (C=O) groups excluding carboxylic acids is 1. The van der Waals surface area contributed by atoms with Crippen LogP contribution in [0.5, 0.6) is 0 Å². The average Bonchev–Trinajstić information content (AvgIpc) is 3.20. The standard InChI is InChI=1S/C14H24N2O3S/c17-14(12-5-7-20(18,19)10-12)16(13-3-4-13)9-11-2-1-6-15-8-11/h11-13,15H,1-10H2. The third-order valence-corrected chi connectivity index (χ3v) is 6.47. The Morgan fingerprint density at radius 2 is 2.00 bits per heavy atom. The SMILES string of the molecule is O=C(C1CCS(=O)(=O)C1)N(CC1CCCNC1)C1CC1. The molecule has 0 aromatic carbocycles. The highest BCUT2D eigenvalue weighted by Gasteiger charge is 2.41. The summed E-state index contributed by atoms with van der Waals surface area (Å²) in [7, 11) is -2.97. The van der Waals surface area contributed by atoms with Gasteiger partial charge in [-0.1, -0.05) is 0 Å². The summed E-state index contributed by atoms with van der Waals surface area (Å²) in [4.78, 5) is 14.6. The second-order valence-electron chi connectivity index (χ2n) is 6.53. The van der Waals surface area contributed by atoms with Crippen LogP contribution in [0.3, 0.4) is 0 Å². The van der Waals surface area contributed by atoms with E-state index in [-0.39, 0.29) is 23.3 Å². The van der Waals surface area contributed by atoms with Crippen LogP contribution in [-0.2, 0) is 14.6 Å². The van der Waals surface area contributed by atoms with Crippen molar-refractivity contribution in [2.24, 2.45) is 11.8 Å². The fourth-order valence-corrected chi connectivity index (χ4v) is 5.12. The van der Waals surface area contributed by atoms with Gasteiger partial charge in [0.15, 0.2) is 9.84 Å². The fourth-order valence-electron chi connectivity index (χ4n) is 3.39. The topological polar surface area (TPSA) is 66.5 Å². The van der Waals surface area contributed by atoms with E-state index in [9.17, 15) is 13.2 Å². The van der Waals surface area contributed by atoms with Gasteiger partial charge in [0.1, 0.15) is 0 Å². The van der Waals surface area contributed by atoms with E-state index < -0.39 is 9.84 Å². The molecule has 0 aromatic heterocycles. The molecule has 0 spiro atoms. The molecule has 0 bridgehead atoms. The highest BCUT2D eigenvalue weighted by molar-refractivity contribution is 7.91. The quantitative estimate of drug-likeness (QED) is 0.817. The predicted octanol–water partition coefficient (Wildman–Crippen LogP) is 0.412. The van der Waals surface area contributed by atoms with Crippen molar-refractivity contribution in [3.8, 4) is 0 Å².